The second kappa shape index (κ2) is 8.25. The lowest BCUT2D eigenvalue weighted by atomic mass is 10.2. The number of hydrogen-bond donors (Lipinski definition) is 0. The Morgan fingerprint density at radius 3 is 2.19 bits per heavy atom. The second-order valence-electron chi connectivity index (χ2n) is 5.66. The molecule has 4 nitrogen and oxygen atoms in total. The second-order valence-corrected chi connectivity index (χ2v) is 5.66. The normalized spacial score (nSPS) is 23.0. The van der Waals surface area contributed by atoms with Crippen molar-refractivity contribution in [1.82, 2.24) is 4.90 Å². The van der Waals surface area contributed by atoms with Crippen molar-refractivity contribution in [3.63, 3.8) is 0 Å². The fraction of sp³-hybridized carbons (Fsp3) is 0.647. The molecule has 2 atom stereocenters. The van der Waals surface area contributed by atoms with Gasteiger partial charge in [-0.3, -0.25) is 4.90 Å². The van der Waals surface area contributed by atoms with E-state index in [4.69, 9.17) is 14.2 Å². The first kappa shape index (κ1) is 16.1. The van der Waals surface area contributed by atoms with Crippen LogP contribution in [0.25, 0.3) is 0 Å². The third-order valence-electron chi connectivity index (χ3n) is 3.47. The third-order valence-corrected chi connectivity index (χ3v) is 3.47. The van der Waals surface area contributed by atoms with Gasteiger partial charge < -0.3 is 14.2 Å². The van der Waals surface area contributed by atoms with Crippen molar-refractivity contribution in [2.45, 2.75) is 39.4 Å². The van der Waals surface area contributed by atoms with E-state index < -0.39 is 0 Å². The molecule has 0 radical (unpaired) electrons. The zero-order valence-corrected chi connectivity index (χ0v) is 13.4. The summed E-state index contributed by atoms with van der Waals surface area (Å²) in [6, 6.07) is 7.88. The summed E-state index contributed by atoms with van der Waals surface area (Å²) in [4.78, 5) is 2.40. The van der Waals surface area contributed by atoms with E-state index in [0.717, 1.165) is 44.2 Å². The minimum Gasteiger partial charge on any atom is -0.490 e. The molecule has 0 aromatic heterocycles. The Morgan fingerprint density at radius 1 is 1.05 bits per heavy atom. The van der Waals surface area contributed by atoms with Gasteiger partial charge in [0, 0.05) is 19.6 Å². The van der Waals surface area contributed by atoms with Crippen molar-refractivity contribution in [2.75, 3.05) is 32.8 Å². The topological polar surface area (TPSA) is 30.9 Å². The van der Waals surface area contributed by atoms with E-state index in [1.54, 1.807) is 0 Å². The highest BCUT2D eigenvalue weighted by atomic mass is 16.5. The molecule has 1 aromatic carbocycles. The molecule has 1 fully saturated rings. The molecule has 118 valence electrons. The van der Waals surface area contributed by atoms with Crippen LogP contribution in [-0.4, -0.2) is 50.0 Å². The van der Waals surface area contributed by atoms with E-state index in [-0.39, 0.29) is 0 Å². The van der Waals surface area contributed by atoms with Crippen LogP contribution < -0.4 is 9.47 Å². The molecule has 0 amide bonds. The molecule has 0 unspecified atom stereocenters. The van der Waals surface area contributed by atoms with Gasteiger partial charge in [0.15, 0.2) is 11.5 Å². The molecule has 0 saturated carbocycles. The predicted octanol–water partition coefficient (Wildman–Crippen LogP) is 2.96. The molecule has 0 bridgehead atoms. The van der Waals surface area contributed by atoms with E-state index in [0.29, 0.717) is 18.8 Å². The quantitative estimate of drug-likeness (QED) is 0.773. The molecular formula is C17H27NO3. The van der Waals surface area contributed by atoms with Gasteiger partial charge in [-0.15, -0.1) is 0 Å². The molecule has 0 aliphatic carbocycles. The first-order valence-corrected chi connectivity index (χ1v) is 7.91. The van der Waals surface area contributed by atoms with Gasteiger partial charge in [-0.25, -0.2) is 0 Å². The fourth-order valence-electron chi connectivity index (χ4n) is 2.65. The van der Waals surface area contributed by atoms with E-state index in [1.807, 2.05) is 24.3 Å². The Labute approximate surface area is 128 Å². The average molecular weight is 293 g/mol. The average Bonchev–Trinajstić information content (AvgIpc) is 2.45. The van der Waals surface area contributed by atoms with Gasteiger partial charge in [0.1, 0.15) is 6.61 Å². The van der Waals surface area contributed by atoms with Gasteiger partial charge in [0.25, 0.3) is 0 Å². The summed E-state index contributed by atoms with van der Waals surface area (Å²) in [6.45, 7) is 10.6. The van der Waals surface area contributed by atoms with Gasteiger partial charge >= 0.3 is 0 Å². The Bertz CT molecular complexity index is 414. The Morgan fingerprint density at radius 2 is 1.62 bits per heavy atom. The van der Waals surface area contributed by atoms with Crippen LogP contribution in [0, 0.1) is 0 Å². The molecule has 21 heavy (non-hydrogen) atoms. The summed E-state index contributed by atoms with van der Waals surface area (Å²) >= 11 is 0. The summed E-state index contributed by atoms with van der Waals surface area (Å²) < 4.78 is 17.3. The molecule has 1 aliphatic heterocycles. The first-order valence-electron chi connectivity index (χ1n) is 7.91. The molecule has 4 heteroatoms. The molecule has 1 aromatic rings. The van der Waals surface area contributed by atoms with Gasteiger partial charge in [-0.2, -0.15) is 0 Å². The molecular weight excluding hydrogens is 266 g/mol. The summed E-state index contributed by atoms with van der Waals surface area (Å²) in [5.41, 5.74) is 0. The van der Waals surface area contributed by atoms with Crippen LogP contribution in [0.4, 0.5) is 0 Å². The minimum absolute atomic E-state index is 0.300. The molecule has 1 saturated heterocycles. The van der Waals surface area contributed by atoms with Gasteiger partial charge in [0.05, 0.1) is 18.8 Å². The van der Waals surface area contributed by atoms with Crippen LogP contribution in [0.2, 0.25) is 0 Å². The smallest absolute Gasteiger partial charge is 0.161 e. The first-order chi connectivity index (χ1) is 10.2. The van der Waals surface area contributed by atoms with Crippen molar-refractivity contribution < 1.29 is 14.2 Å². The van der Waals surface area contributed by atoms with Crippen LogP contribution in [0.15, 0.2) is 24.3 Å². The van der Waals surface area contributed by atoms with Crippen LogP contribution in [-0.2, 0) is 4.74 Å². The van der Waals surface area contributed by atoms with Crippen LogP contribution in [0.5, 0.6) is 11.5 Å². The molecule has 1 heterocycles. The van der Waals surface area contributed by atoms with Crippen LogP contribution in [0.3, 0.4) is 0 Å². The zero-order chi connectivity index (χ0) is 15.1. The number of nitrogens with zero attached hydrogens (tertiary/aromatic N) is 1. The number of rotatable bonds is 7. The zero-order valence-electron chi connectivity index (χ0n) is 13.4. The van der Waals surface area contributed by atoms with Crippen molar-refractivity contribution in [3.8, 4) is 11.5 Å². The summed E-state index contributed by atoms with van der Waals surface area (Å²) in [5, 5.41) is 0. The van der Waals surface area contributed by atoms with Crippen molar-refractivity contribution in [1.29, 1.82) is 0 Å². The number of hydrogen-bond acceptors (Lipinski definition) is 4. The van der Waals surface area contributed by atoms with Crippen molar-refractivity contribution >= 4 is 0 Å². The third kappa shape index (κ3) is 5.21. The summed E-state index contributed by atoms with van der Waals surface area (Å²) in [7, 11) is 0. The highest BCUT2D eigenvalue weighted by molar-refractivity contribution is 5.39. The number of para-hydroxylation sites is 2. The molecule has 1 aliphatic rings. The lowest BCUT2D eigenvalue weighted by Crippen LogP contribution is -2.46. The molecule has 2 rings (SSSR count). The standard InChI is InChI=1S/C17H27NO3/c1-4-10-19-16-7-5-6-8-17(16)20-11-9-18-12-14(2)21-15(3)13-18/h5-8,14-15H,4,9-13H2,1-3H3/t14-,15-/m0/s1. The lowest BCUT2D eigenvalue weighted by Gasteiger charge is -2.35. The minimum atomic E-state index is 0.300. The Balaban J connectivity index is 1.80. The molecule has 0 spiro atoms. The maximum absolute atomic E-state index is 5.90. The van der Waals surface area contributed by atoms with E-state index in [2.05, 4.69) is 25.7 Å². The SMILES string of the molecule is CCCOc1ccccc1OCCN1C[C@H](C)O[C@@H](C)C1. The maximum Gasteiger partial charge on any atom is 0.161 e. The van der Waals surface area contributed by atoms with Crippen LogP contribution >= 0.6 is 0 Å². The largest absolute Gasteiger partial charge is 0.490 e. The van der Waals surface area contributed by atoms with Gasteiger partial charge in [-0.1, -0.05) is 19.1 Å². The van der Waals surface area contributed by atoms with E-state index in [1.165, 1.54) is 0 Å². The van der Waals surface area contributed by atoms with Crippen LogP contribution in [0.1, 0.15) is 27.2 Å². The van der Waals surface area contributed by atoms with Gasteiger partial charge in [0.2, 0.25) is 0 Å². The molecule has 0 N–H and O–H groups in total. The van der Waals surface area contributed by atoms with Crippen molar-refractivity contribution in [3.05, 3.63) is 24.3 Å². The van der Waals surface area contributed by atoms with E-state index in [9.17, 15) is 0 Å². The predicted molar refractivity (Wildman–Crippen MR) is 84.2 cm³/mol. The number of morpholine rings is 1. The van der Waals surface area contributed by atoms with E-state index >= 15 is 0 Å². The summed E-state index contributed by atoms with van der Waals surface area (Å²) in [6.07, 6.45) is 1.60. The van der Waals surface area contributed by atoms with Gasteiger partial charge in [-0.05, 0) is 32.4 Å². The fourth-order valence-corrected chi connectivity index (χ4v) is 2.65. The maximum atomic E-state index is 5.90. The number of ether oxygens (including phenoxy) is 3. The lowest BCUT2D eigenvalue weighted by molar-refractivity contribution is -0.0699. The Hall–Kier alpha value is -1.26. The summed E-state index contributed by atoms with van der Waals surface area (Å²) in [5.74, 6) is 1.67. The highest BCUT2D eigenvalue weighted by Crippen LogP contribution is 2.26. The monoisotopic (exact) mass is 293 g/mol. The Kier molecular flexibility index (Phi) is 6.33. The number of benzene rings is 1. The highest BCUT2D eigenvalue weighted by Gasteiger charge is 2.21. The van der Waals surface area contributed by atoms with Crippen molar-refractivity contribution in [2.24, 2.45) is 0 Å².